The number of rotatable bonds is 6. The van der Waals surface area contributed by atoms with Crippen LogP contribution in [0.2, 0.25) is 0 Å². The number of carbonyl (C=O) groups is 2. The third-order valence-electron chi connectivity index (χ3n) is 3.53. The summed E-state index contributed by atoms with van der Waals surface area (Å²) in [6.07, 6.45) is 3.20. The molecule has 0 aliphatic rings. The van der Waals surface area contributed by atoms with Crippen molar-refractivity contribution in [3.8, 4) is 11.3 Å². The van der Waals surface area contributed by atoms with Crippen LogP contribution in [0.1, 0.15) is 22.4 Å². The van der Waals surface area contributed by atoms with E-state index in [2.05, 4.69) is 15.0 Å². The van der Waals surface area contributed by atoms with Crippen LogP contribution in [0.15, 0.2) is 48.2 Å². The van der Waals surface area contributed by atoms with E-state index in [9.17, 15) is 14.0 Å². The summed E-state index contributed by atoms with van der Waals surface area (Å²) >= 11 is 1.32. The number of hydrogen-bond donors (Lipinski definition) is 0. The molecule has 0 bridgehead atoms. The van der Waals surface area contributed by atoms with Crippen molar-refractivity contribution >= 4 is 23.1 Å². The third kappa shape index (κ3) is 4.34. The van der Waals surface area contributed by atoms with Gasteiger partial charge >= 0.3 is 5.97 Å². The molecule has 0 saturated carbocycles. The monoisotopic (exact) mass is 371 g/mol. The van der Waals surface area contributed by atoms with Crippen molar-refractivity contribution in [2.45, 2.75) is 19.4 Å². The van der Waals surface area contributed by atoms with E-state index < -0.39 is 12.1 Å². The summed E-state index contributed by atoms with van der Waals surface area (Å²) in [5, 5.41) is 2.39. The Hall–Kier alpha value is -3.00. The van der Waals surface area contributed by atoms with E-state index in [1.165, 1.54) is 49.0 Å². The molecule has 0 saturated heterocycles. The first-order chi connectivity index (χ1) is 12.5. The molecular weight excluding hydrogens is 357 g/mol. The minimum atomic E-state index is -0.928. The molecule has 0 N–H and O–H groups in total. The number of ketones is 1. The Labute approximate surface area is 152 Å². The summed E-state index contributed by atoms with van der Waals surface area (Å²) in [6, 6.07) is 5.96. The van der Waals surface area contributed by atoms with E-state index in [4.69, 9.17) is 4.74 Å². The fourth-order valence-electron chi connectivity index (χ4n) is 2.13. The first kappa shape index (κ1) is 17.8. The Kier molecular flexibility index (Phi) is 5.43. The number of thiazole rings is 1. The second-order valence-electron chi connectivity index (χ2n) is 5.41. The lowest BCUT2D eigenvalue weighted by atomic mass is 10.1. The molecule has 2 aromatic heterocycles. The Balaban J connectivity index is 1.61. The SMILES string of the molecule is C[C@H](OC(=O)c1cnccn1)C(=O)Cc1nc(-c2ccc(F)cc2)cs1. The number of nitrogens with zero attached hydrogens (tertiary/aromatic N) is 3. The molecular formula is C18H14FN3O3S. The summed E-state index contributed by atoms with van der Waals surface area (Å²) in [5.41, 5.74) is 1.48. The molecule has 0 amide bonds. The Morgan fingerprint density at radius 2 is 2.00 bits per heavy atom. The molecule has 8 heteroatoms. The maximum Gasteiger partial charge on any atom is 0.359 e. The first-order valence-electron chi connectivity index (χ1n) is 7.73. The lowest BCUT2D eigenvalue weighted by Gasteiger charge is -2.10. The Morgan fingerprint density at radius 1 is 1.23 bits per heavy atom. The van der Waals surface area contributed by atoms with Gasteiger partial charge in [-0.3, -0.25) is 9.78 Å². The maximum absolute atomic E-state index is 13.0. The molecule has 2 heterocycles. The zero-order valence-electron chi connectivity index (χ0n) is 13.8. The summed E-state index contributed by atoms with van der Waals surface area (Å²) in [4.78, 5) is 36.2. The zero-order chi connectivity index (χ0) is 18.5. The van der Waals surface area contributed by atoms with Gasteiger partial charge in [0.05, 0.1) is 18.3 Å². The zero-order valence-corrected chi connectivity index (χ0v) is 14.6. The average Bonchev–Trinajstić information content (AvgIpc) is 3.11. The number of aromatic nitrogens is 3. The fourth-order valence-corrected chi connectivity index (χ4v) is 2.94. The Bertz CT molecular complexity index is 913. The highest BCUT2D eigenvalue weighted by molar-refractivity contribution is 7.10. The van der Waals surface area contributed by atoms with E-state index >= 15 is 0 Å². The number of esters is 1. The lowest BCUT2D eigenvalue weighted by Crippen LogP contribution is -2.26. The van der Waals surface area contributed by atoms with Crippen LogP contribution in [0.25, 0.3) is 11.3 Å². The van der Waals surface area contributed by atoms with Crippen molar-refractivity contribution in [1.82, 2.24) is 15.0 Å². The second-order valence-corrected chi connectivity index (χ2v) is 6.36. The Morgan fingerprint density at radius 3 is 2.69 bits per heavy atom. The van der Waals surface area contributed by atoms with Crippen LogP contribution >= 0.6 is 11.3 Å². The van der Waals surface area contributed by atoms with Gasteiger partial charge in [-0.15, -0.1) is 11.3 Å². The molecule has 26 heavy (non-hydrogen) atoms. The van der Waals surface area contributed by atoms with Crippen molar-refractivity contribution in [2.24, 2.45) is 0 Å². The van der Waals surface area contributed by atoms with Crippen LogP contribution in [0.5, 0.6) is 0 Å². The minimum absolute atomic E-state index is 0.0417. The van der Waals surface area contributed by atoms with Crippen LogP contribution in [0.3, 0.4) is 0 Å². The molecule has 132 valence electrons. The standard InChI is InChI=1S/C18H14FN3O3S/c1-11(25-18(24)14-9-20-6-7-21-14)16(23)8-17-22-15(10-26-17)12-2-4-13(19)5-3-12/h2-7,9-11H,8H2,1H3/t11-/m0/s1. The van der Waals surface area contributed by atoms with Gasteiger partial charge in [0.1, 0.15) is 10.8 Å². The molecule has 0 unspecified atom stereocenters. The average molecular weight is 371 g/mol. The number of benzene rings is 1. The first-order valence-corrected chi connectivity index (χ1v) is 8.61. The van der Waals surface area contributed by atoms with Gasteiger partial charge in [0.2, 0.25) is 0 Å². The molecule has 0 radical (unpaired) electrons. The van der Waals surface area contributed by atoms with Crippen LogP contribution in [-0.2, 0) is 16.0 Å². The number of hydrogen-bond acceptors (Lipinski definition) is 7. The number of carbonyl (C=O) groups excluding carboxylic acids is 2. The molecule has 0 aliphatic heterocycles. The normalized spacial score (nSPS) is 11.8. The minimum Gasteiger partial charge on any atom is -0.450 e. The highest BCUT2D eigenvalue weighted by Gasteiger charge is 2.21. The van der Waals surface area contributed by atoms with Crippen LogP contribution in [0.4, 0.5) is 4.39 Å². The van der Waals surface area contributed by atoms with Gasteiger partial charge in [-0.1, -0.05) is 0 Å². The molecule has 0 fully saturated rings. The predicted octanol–water partition coefficient (Wildman–Crippen LogP) is 3.10. The highest BCUT2D eigenvalue weighted by atomic mass is 32.1. The van der Waals surface area contributed by atoms with Crippen LogP contribution in [-0.4, -0.2) is 32.8 Å². The van der Waals surface area contributed by atoms with Crippen molar-refractivity contribution < 1.29 is 18.7 Å². The van der Waals surface area contributed by atoms with Crippen LogP contribution < -0.4 is 0 Å². The topological polar surface area (TPSA) is 82.0 Å². The summed E-state index contributed by atoms with van der Waals surface area (Å²) in [6.45, 7) is 1.51. The third-order valence-corrected chi connectivity index (χ3v) is 4.38. The molecule has 1 atom stereocenters. The van der Waals surface area contributed by atoms with Crippen molar-refractivity contribution in [1.29, 1.82) is 0 Å². The largest absolute Gasteiger partial charge is 0.450 e. The van der Waals surface area contributed by atoms with Gasteiger partial charge in [0.15, 0.2) is 17.6 Å². The number of halogens is 1. The van der Waals surface area contributed by atoms with E-state index in [1.54, 1.807) is 17.5 Å². The van der Waals surface area contributed by atoms with Crippen molar-refractivity contribution in [3.63, 3.8) is 0 Å². The fraction of sp³-hybridized carbons (Fsp3) is 0.167. The number of ether oxygens (including phenoxy) is 1. The van der Waals surface area contributed by atoms with E-state index in [0.717, 1.165) is 5.56 Å². The number of Topliss-reactive ketones (excluding diaryl/α,β-unsaturated/α-hetero) is 1. The summed E-state index contributed by atoms with van der Waals surface area (Å²) in [5.74, 6) is -1.30. The lowest BCUT2D eigenvalue weighted by molar-refractivity contribution is -0.126. The van der Waals surface area contributed by atoms with Crippen molar-refractivity contribution in [2.75, 3.05) is 0 Å². The molecule has 1 aromatic carbocycles. The highest BCUT2D eigenvalue weighted by Crippen LogP contribution is 2.22. The van der Waals surface area contributed by atoms with Gasteiger partial charge in [0.25, 0.3) is 0 Å². The van der Waals surface area contributed by atoms with E-state index in [0.29, 0.717) is 10.7 Å². The second kappa shape index (κ2) is 7.92. The van der Waals surface area contributed by atoms with Gasteiger partial charge in [0, 0.05) is 23.3 Å². The molecule has 0 spiro atoms. The molecule has 3 aromatic rings. The van der Waals surface area contributed by atoms with Gasteiger partial charge in [-0.2, -0.15) is 0 Å². The predicted molar refractivity (Wildman–Crippen MR) is 93.1 cm³/mol. The maximum atomic E-state index is 13.0. The molecule has 3 rings (SSSR count). The van der Waals surface area contributed by atoms with Gasteiger partial charge < -0.3 is 4.74 Å². The molecule has 6 nitrogen and oxygen atoms in total. The van der Waals surface area contributed by atoms with Crippen LogP contribution in [0, 0.1) is 5.82 Å². The van der Waals surface area contributed by atoms with Crippen molar-refractivity contribution in [3.05, 3.63) is 64.8 Å². The van der Waals surface area contributed by atoms with E-state index in [1.807, 2.05) is 0 Å². The molecule has 0 aliphatic carbocycles. The van der Waals surface area contributed by atoms with Gasteiger partial charge in [-0.25, -0.2) is 19.2 Å². The quantitative estimate of drug-likeness (QED) is 0.619. The van der Waals surface area contributed by atoms with Gasteiger partial charge in [-0.05, 0) is 31.2 Å². The van der Waals surface area contributed by atoms with E-state index in [-0.39, 0.29) is 23.7 Å². The summed E-state index contributed by atoms with van der Waals surface area (Å²) < 4.78 is 18.1. The summed E-state index contributed by atoms with van der Waals surface area (Å²) in [7, 11) is 0. The smallest absolute Gasteiger partial charge is 0.359 e.